The zero-order valence-electron chi connectivity index (χ0n) is 18.1. The van der Waals surface area contributed by atoms with Crippen molar-refractivity contribution in [3.8, 4) is 11.1 Å². The molecular weight excluding hydrogens is 459 g/mol. The second-order valence-electron chi connectivity index (χ2n) is 7.75. The van der Waals surface area contributed by atoms with Crippen molar-refractivity contribution in [3.05, 3.63) is 128 Å². The van der Waals surface area contributed by atoms with E-state index in [1.807, 2.05) is 60.7 Å². The monoisotopic (exact) mass is 478 g/mol. The fraction of sp³-hybridized carbons (Fsp3) is 0.115. The van der Waals surface area contributed by atoms with Gasteiger partial charge in [-0.2, -0.15) is 0 Å². The molecule has 0 saturated heterocycles. The Morgan fingerprint density at radius 3 is 1.97 bits per heavy atom. The highest BCUT2D eigenvalue weighted by molar-refractivity contribution is 6.33. The summed E-state index contributed by atoms with van der Waals surface area (Å²) in [5.41, 5.74) is -0.237. The van der Waals surface area contributed by atoms with Crippen LogP contribution in [-0.2, 0) is 4.79 Å². The summed E-state index contributed by atoms with van der Waals surface area (Å²) in [5, 5.41) is 9.32. The van der Waals surface area contributed by atoms with Gasteiger partial charge in [0.05, 0.1) is 16.6 Å². The first-order valence-corrected chi connectivity index (χ1v) is 10.8. The molecule has 34 heavy (non-hydrogen) atoms. The number of hydrogen-bond donors (Lipinski definition) is 1. The Balaban J connectivity index is 2.12. The highest BCUT2D eigenvalue weighted by Gasteiger charge is 2.27. The third-order valence-electron chi connectivity index (χ3n) is 5.64. The van der Waals surface area contributed by atoms with Gasteiger partial charge in [0, 0.05) is 11.8 Å². The van der Waals surface area contributed by atoms with Crippen molar-refractivity contribution in [2.75, 3.05) is 0 Å². The fourth-order valence-electron chi connectivity index (χ4n) is 3.91. The Morgan fingerprint density at radius 1 is 0.882 bits per heavy atom. The standard InChI is InChI=1S/C26H20ClFN2O4/c1-16(25(32)33)30-24(31)20(19-13-8-14-21(28)22(19)27)15-29(26(30)34)23(17-9-4-2-5-10-17)18-11-6-3-7-12-18/h2-16,23H,1H3,(H,32,33). The first-order chi connectivity index (χ1) is 16.3. The molecule has 8 heteroatoms. The predicted molar refractivity (Wildman–Crippen MR) is 128 cm³/mol. The van der Waals surface area contributed by atoms with Crippen molar-refractivity contribution in [3.63, 3.8) is 0 Å². The molecule has 0 aliphatic heterocycles. The van der Waals surface area contributed by atoms with Crippen LogP contribution in [0, 0.1) is 5.82 Å². The van der Waals surface area contributed by atoms with Crippen molar-refractivity contribution in [1.82, 2.24) is 9.13 Å². The zero-order valence-corrected chi connectivity index (χ0v) is 18.8. The molecule has 1 N–H and O–H groups in total. The first kappa shape index (κ1) is 23.2. The molecule has 6 nitrogen and oxygen atoms in total. The lowest BCUT2D eigenvalue weighted by Gasteiger charge is -2.24. The third-order valence-corrected chi connectivity index (χ3v) is 6.02. The summed E-state index contributed by atoms with van der Waals surface area (Å²) >= 11 is 6.17. The summed E-state index contributed by atoms with van der Waals surface area (Å²) < 4.78 is 16.2. The Bertz CT molecular complexity index is 1430. The number of rotatable bonds is 6. The SMILES string of the molecule is CC(C(=O)O)n1c(=O)c(-c2cccc(F)c2Cl)cn(C(c2ccccc2)c2ccccc2)c1=O. The molecule has 172 valence electrons. The Labute approximate surface area is 199 Å². The Hall–Kier alpha value is -3.97. The van der Waals surface area contributed by atoms with Crippen molar-refractivity contribution in [1.29, 1.82) is 0 Å². The Kier molecular flexibility index (Phi) is 6.47. The van der Waals surface area contributed by atoms with Crippen LogP contribution in [0.3, 0.4) is 0 Å². The van der Waals surface area contributed by atoms with Gasteiger partial charge in [0.15, 0.2) is 0 Å². The summed E-state index contributed by atoms with van der Waals surface area (Å²) in [5.74, 6) is -2.10. The summed E-state index contributed by atoms with van der Waals surface area (Å²) in [6.07, 6.45) is 1.32. The number of aliphatic carboxylic acids is 1. The largest absolute Gasteiger partial charge is 0.480 e. The van der Waals surface area contributed by atoms with Gasteiger partial charge < -0.3 is 5.11 Å². The molecule has 0 aliphatic carbocycles. The molecule has 3 aromatic carbocycles. The Morgan fingerprint density at radius 2 is 1.44 bits per heavy atom. The molecule has 0 radical (unpaired) electrons. The second kappa shape index (κ2) is 9.49. The normalized spacial score (nSPS) is 12.0. The van der Waals surface area contributed by atoms with Crippen molar-refractivity contribution in [2.24, 2.45) is 0 Å². The van der Waals surface area contributed by atoms with E-state index in [4.69, 9.17) is 11.6 Å². The van der Waals surface area contributed by atoms with Crippen molar-refractivity contribution < 1.29 is 14.3 Å². The molecule has 1 atom stereocenters. The number of carboxylic acids is 1. The van der Waals surface area contributed by atoms with E-state index in [9.17, 15) is 23.9 Å². The molecule has 4 rings (SSSR count). The zero-order chi connectivity index (χ0) is 24.4. The van der Waals surface area contributed by atoms with E-state index < -0.39 is 35.1 Å². The van der Waals surface area contributed by atoms with E-state index in [0.29, 0.717) is 4.57 Å². The molecule has 1 aromatic heterocycles. The lowest BCUT2D eigenvalue weighted by molar-refractivity contribution is -0.140. The van der Waals surface area contributed by atoms with Gasteiger partial charge >= 0.3 is 11.7 Å². The van der Waals surface area contributed by atoms with E-state index in [1.54, 1.807) is 0 Å². The smallest absolute Gasteiger partial charge is 0.332 e. The average molecular weight is 479 g/mol. The van der Waals surface area contributed by atoms with Crippen LogP contribution < -0.4 is 11.2 Å². The van der Waals surface area contributed by atoms with Gasteiger partial charge in [0.2, 0.25) is 0 Å². The van der Waals surface area contributed by atoms with Crippen LogP contribution in [0.2, 0.25) is 5.02 Å². The van der Waals surface area contributed by atoms with Gasteiger partial charge in [-0.15, -0.1) is 0 Å². The van der Waals surface area contributed by atoms with Gasteiger partial charge in [0.25, 0.3) is 5.56 Å². The molecule has 0 spiro atoms. The molecule has 1 heterocycles. The second-order valence-corrected chi connectivity index (χ2v) is 8.13. The average Bonchev–Trinajstić information content (AvgIpc) is 2.84. The predicted octanol–water partition coefficient (Wildman–Crippen LogP) is 4.75. The van der Waals surface area contributed by atoms with E-state index in [-0.39, 0.29) is 16.1 Å². The maximum absolute atomic E-state index is 14.2. The quantitative estimate of drug-likeness (QED) is 0.433. The van der Waals surface area contributed by atoms with E-state index in [1.165, 1.54) is 29.8 Å². The first-order valence-electron chi connectivity index (χ1n) is 10.5. The fourth-order valence-corrected chi connectivity index (χ4v) is 4.14. The van der Waals surface area contributed by atoms with E-state index in [2.05, 4.69) is 0 Å². The van der Waals surface area contributed by atoms with Gasteiger partial charge in [-0.05, 0) is 24.1 Å². The van der Waals surface area contributed by atoms with Crippen LogP contribution in [0.5, 0.6) is 0 Å². The summed E-state index contributed by atoms with van der Waals surface area (Å²) in [4.78, 5) is 38.8. The number of carbonyl (C=O) groups is 1. The van der Waals surface area contributed by atoms with Crippen LogP contribution in [0.25, 0.3) is 11.1 Å². The molecule has 0 bridgehead atoms. The van der Waals surface area contributed by atoms with E-state index >= 15 is 0 Å². The lowest BCUT2D eigenvalue weighted by Crippen LogP contribution is -2.45. The summed E-state index contributed by atoms with van der Waals surface area (Å²) in [7, 11) is 0. The van der Waals surface area contributed by atoms with Gasteiger partial charge in [-0.1, -0.05) is 84.4 Å². The number of aromatic nitrogens is 2. The molecule has 0 amide bonds. The van der Waals surface area contributed by atoms with Crippen LogP contribution in [0.15, 0.2) is 94.6 Å². The third kappa shape index (κ3) is 4.18. The maximum Gasteiger partial charge on any atom is 0.332 e. The molecule has 1 unspecified atom stereocenters. The highest BCUT2D eigenvalue weighted by atomic mass is 35.5. The molecule has 0 aliphatic rings. The summed E-state index contributed by atoms with van der Waals surface area (Å²) in [6, 6.07) is 20.1. The van der Waals surface area contributed by atoms with E-state index in [0.717, 1.165) is 17.2 Å². The maximum atomic E-state index is 14.2. The number of benzene rings is 3. The molecule has 0 saturated carbocycles. The molecular formula is C26H20ClFN2O4. The number of halogens is 2. The number of nitrogens with zero attached hydrogens (tertiary/aromatic N) is 2. The van der Waals surface area contributed by atoms with Crippen LogP contribution in [-0.4, -0.2) is 20.2 Å². The molecule has 4 aromatic rings. The van der Waals surface area contributed by atoms with Crippen LogP contribution >= 0.6 is 11.6 Å². The summed E-state index contributed by atoms with van der Waals surface area (Å²) in [6.45, 7) is 1.24. The van der Waals surface area contributed by atoms with Crippen molar-refractivity contribution in [2.45, 2.75) is 19.0 Å². The topological polar surface area (TPSA) is 81.3 Å². The minimum atomic E-state index is -1.47. The van der Waals surface area contributed by atoms with Crippen molar-refractivity contribution >= 4 is 17.6 Å². The molecule has 0 fully saturated rings. The number of hydrogen-bond acceptors (Lipinski definition) is 3. The highest BCUT2D eigenvalue weighted by Crippen LogP contribution is 2.30. The number of carboxylic acid groups (broad SMARTS) is 1. The lowest BCUT2D eigenvalue weighted by atomic mass is 9.98. The van der Waals surface area contributed by atoms with Gasteiger partial charge in [-0.25, -0.2) is 18.5 Å². The van der Waals surface area contributed by atoms with Gasteiger partial charge in [0.1, 0.15) is 11.9 Å². The van der Waals surface area contributed by atoms with Crippen LogP contribution in [0.4, 0.5) is 4.39 Å². The van der Waals surface area contributed by atoms with Gasteiger partial charge in [-0.3, -0.25) is 9.36 Å². The minimum absolute atomic E-state index is 0.0617. The minimum Gasteiger partial charge on any atom is -0.480 e. The van der Waals surface area contributed by atoms with Crippen LogP contribution in [0.1, 0.15) is 30.1 Å².